The molecule has 0 saturated heterocycles. The van der Waals surface area contributed by atoms with Crippen LogP contribution in [0, 0.1) is 0 Å². The van der Waals surface area contributed by atoms with Crippen LogP contribution in [0.25, 0.3) is 0 Å². The number of hydrogen-bond acceptors (Lipinski definition) is 8. The number of nitrogens with zero attached hydrogens (tertiary/aromatic N) is 3. The molecule has 1 aromatic heterocycles. The highest BCUT2D eigenvalue weighted by molar-refractivity contribution is 5.36. The minimum Gasteiger partial charge on any atom is -0.378 e. The molecule has 0 atom stereocenters. The molecule has 2 rings (SSSR count). The second-order valence-electron chi connectivity index (χ2n) is 5.85. The molecule has 0 bridgehead atoms. The number of nitrogens with one attached hydrogen (secondary N) is 2. The Kier molecular flexibility index (Phi) is 7.44. The number of rotatable bonds is 12. The van der Waals surface area contributed by atoms with Crippen molar-refractivity contribution in [2.24, 2.45) is 5.73 Å². The van der Waals surface area contributed by atoms with Crippen molar-refractivity contribution in [2.45, 2.75) is 38.6 Å². The lowest BCUT2D eigenvalue weighted by atomic mass is 10.2. The first kappa shape index (κ1) is 17.8. The maximum Gasteiger partial charge on any atom is 0.227 e. The van der Waals surface area contributed by atoms with E-state index in [0.29, 0.717) is 57.5 Å². The maximum atomic E-state index is 5.47. The first-order chi connectivity index (χ1) is 11.2. The van der Waals surface area contributed by atoms with Crippen molar-refractivity contribution in [3.05, 3.63) is 5.82 Å². The lowest BCUT2D eigenvalue weighted by Gasteiger charge is -2.11. The standard InChI is InChI=1S/C15H28N6O2/c1-11(2)13-19-14(21-15(20-13)18-12-3-4-12)17-6-8-23-10-9-22-7-5-16/h11-12H,3-10,16H2,1-2H3,(H2,17,18,19,20,21). The van der Waals surface area contributed by atoms with E-state index in [0.717, 1.165) is 5.82 Å². The van der Waals surface area contributed by atoms with Crippen LogP contribution in [0.1, 0.15) is 38.4 Å². The molecule has 1 aromatic rings. The zero-order valence-electron chi connectivity index (χ0n) is 14.0. The topological polar surface area (TPSA) is 107 Å². The summed E-state index contributed by atoms with van der Waals surface area (Å²) >= 11 is 0. The van der Waals surface area contributed by atoms with E-state index in [-0.39, 0.29) is 5.92 Å². The molecule has 8 heteroatoms. The van der Waals surface area contributed by atoms with Gasteiger partial charge in [0, 0.05) is 25.0 Å². The van der Waals surface area contributed by atoms with E-state index in [1.807, 2.05) is 0 Å². The summed E-state index contributed by atoms with van der Waals surface area (Å²) in [5, 5.41) is 6.51. The molecule has 0 aromatic carbocycles. The van der Waals surface area contributed by atoms with Crippen LogP contribution in [0.2, 0.25) is 0 Å². The summed E-state index contributed by atoms with van der Waals surface area (Å²) in [7, 11) is 0. The summed E-state index contributed by atoms with van der Waals surface area (Å²) < 4.78 is 10.7. The van der Waals surface area contributed by atoms with Crippen LogP contribution >= 0.6 is 0 Å². The molecule has 0 radical (unpaired) electrons. The summed E-state index contributed by atoms with van der Waals surface area (Å²) in [6, 6.07) is 0.516. The van der Waals surface area contributed by atoms with Gasteiger partial charge in [-0.25, -0.2) is 0 Å². The summed E-state index contributed by atoms with van der Waals surface area (Å²) in [6.45, 7) is 7.59. The average Bonchev–Trinajstić information content (AvgIpc) is 3.33. The second-order valence-corrected chi connectivity index (χ2v) is 5.85. The van der Waals surface area contributed by atoms with Gasteiger partial charge in [-0.15, -0.1) is 0 Å². The van der Waals surface area contributed by atoms with Crippen molar-refractivity contribution < 1.29 is 9.47 Å². The number of aromatic nitrogens is 3. The van der Waals surface area contributed by atoms with Gasteiger partial charge < -0.3 is 25.8 Å². The summed E-state index contributed by atoms with van der Waals surface area (Å²) in [5.41, 5.74) is 5.33. The molecule has 0 aliphatic heterocycles. The zero-order valence-corrected chi connectivity index (χ0v) is 14.0. The third kappa shape index (κ3) is 7.06. The van der Waals surface area contributed by atoms with Crippen molar-refractivity contribution in [3.63, 3.8) is 0 Å². The van der Waals surface area contributed by atoms with E-state index in [4.69, 9.17) is 15.2 Å². The maximum absolute atomic E-state index is 5.47. The first-order valence-corrected chi connectivity index (χ1v) is 8.31. The van der Waals surface area contributed by atoms with Gasteiger partial charge in [0.05, 0.1) is 26.4 Å². The molecule has 8 nitrogen and oxygen atoms in total. The largest absolute Gasteiger partial charge is 0.378 e. The minimum atomic E-state index is 0.259. The van der Waals surface area contributed by atoms with E-state index < -0.39 is 0 Å². The van der Waals surface area contributed by atoms with E-state index in [1.165, 1.54) is 12.8 Å². The molecule has 0 unspecified atom stereocenters. The van der Waals surface area contributed by atoms with Crippen LogP contribution in [-0.2, 0) is 9.47 Å². The number of ether oxygens (including phenoxy) is 2. The smallest absolute Gasteiger partial charge is 0.227 e. The van der Waals surface area contributed by atoms with Gasteiger partial charge >= 0.3 is 0 Å². The van der Waals surface area contributed by atoms with E-state index in [1.54, 1.807) is 0 Å². The van der Waals surface area contributed by atoms with Gasteiger partial charge in [0.15, 0.2) is 0 Å². The quantitative estimate of drug-likeness (QED) is 0.488. The highest BCUT2D eigenvalue weighted by Gasteiger charge is 2.22. The average molecular weight is 324 g/mol. The molecule has 4 N–H and O–H groups in total. The molecule has 1 aliphatic carbocycles. The Morgan fingerprint density at radius 2 is 1.74 bits per heavy atom. The van der Waals surface area contributed by atoms with Gasteiger partial charge in [0.1, 0.15) is 5.82 Å². The van der Waals surface area contributed by atoms with Crippen LogP contribution in [0.5, 0.6) is 0 Å². The van der Waals surface area contributed by atoms with Gasteiger partial charge in [0.25, 0.3) is 0 Å². The Bertz CT molecular complexity index is 467. The Hall–Kier alpha value is -1.51. The molecule has 1 aliphatic rings. The molecule has 0 spiro atoms. The second kappa shape index (κ2) is 9.59. The molecule has 23 heavy (non-hydrogen) atoms. The van der Waals surface area contributed by atoms with Gasteiger partial charge in [0.2, 0.25) is 11.9 Å². The van der Waals surface area contributed by atoms with Crippen LogP contribution in [0.15, 0.2) is 0 Å². The first-order valence-electron chi connectivity index (χ1n) is 8.31. The number of nitrogens with two attached hydrogens (primary N) is 1. The highest BCUT2D eigenvalue weighted by atomic mass is 16.5. The third-order valence-electron chi connectivity index (χ3n) is 3.24. The Balaban J connectivity index is 1.73. The van der Waals surface area contributed by atoms with Gasteiger partial charge in [-0.2, -0.15) is 15.0 Å². The highest BCUT2D eigenvalue weighted by Crippen LogP contribution is 2.23. The lowest BCUT2D eigenvalue weighted by molar-refractivity contribution is 0.0547. The molecule has 1 fully saturated rings. The van der Waals surface area contributed by atoms with Gasteiger partial charge in [-0.3, -0.25) is 0 Å². The van der Waals surface area contributed by atoms with Gasteiger partial charge in [-0.1, -0.05) is 13.8 Å². The molecule has 1 heterocycles. The summed E-state index contributed by atoms with van der Waals surface area (Å²) in [5.74, 6) is 2.30. The van der Waals surface area contributed by atoms with E-state index >= 15 is 0 Å². The van der Waals surface area contributed by atoms with Crippen molar-refractivity contribution in [2.75, 3.05) is 50.2 Å². The van der Waals surface area contributed by atoms with Crippen molar-refractivity contribution >= 4 is 11.9 Å². The number of anilines is 2. The van der Waals surface area contributed by atoms with Crippen LogP contribution in [-0.4, -0.2) is 60.5 Å². The van der Waals surface area contributed by atoms with Crippen molar-refractivity contribution in [3.8, 4) is 0 Å². The Morgan fingerprint density at radius 3 is 2.39 bits per heavy atom. The molecule has 130 valence electrons. The fraction of sp³-hybridized carbons (Fsp3) is 0.800. The van der Waals surface area contributed by atoms with Crippen LogP contribution in [0.4, 0.5) is 11.9 Å². The third-order valence-corrected chi connectivity index (χ3v) is 3.24. The summed E-state index contributed by atoms with van der Waals surface area (Å²) in [6.07, 6.45) is 2.37. The predicted molar refractivity (Wildman–Crippen MR) is 89.7 cm³/mol. The van der Waals surface area contributed by atoms with Gasteiger partial charge in [-0.05, 0) is 12.8 Å². The minimum absolute atomic E-state index is 0.259. The SMILES string of the molecule is CC(C)c1nc(NCCOCCOCCN)nc(NC2CC2)n1. The van der Waals surface area contributed by atoms with Crippen molar-refractivity contribution in [1.29, 1.82) is 0 Å². The Morgan fingerprint density at radius 1 is 1.04 bits per heavy atom. The molecule has 0 amide bonds. The lowest BCUT2D eigenvalue weighted by Crippen LogP contribution is -2.17. The monoisotopic (exact) mass is 324 g/mol. The fourth-order valence-electron chi connectivity index (χ4n) is 1.84. The van der Waals surface area contributed by atoms with Crippen LogP contribution in [0.3, 0.4) is 0 Å². The molecular formula is C15H28N6O2. The number of hydrogen-bond donors (Lipinski definition) is 3. The van der Waals surface area contributed by atoms with E-state index in [2.05, 4.69) is 39.4 Å². The van der Waals surface area contributed by atoms with E-state index in [9.17, 15) is 0 Å². The van der Waals surface area contributed by atoms with Crippen molar-refractivity contribution in [1.82, 2.24) is 15.0 Å². The van der Waals surface area contributed by atoms with Crippen LogP contribution < -0.4 is 16.4 Å². The molecular weight excluding hydrogens is 296 g/mol. The normalized spacial score (nSPS) is 14.3. The predicted octanol–water partition coefficient (Wildman–Crippen LogP) is 0.973. The molecule has 1 saturated carbocycles. The zero-order chi connectivity index (χ0) is 16.5. The summed E-state index contributed by atoms with van der Waals surface area (Å²) in [4.78, 5) is 13.3. The Labute approximate surface area is 137 Å². The fourth-order valence-corrected chi connectivity index (χ4v) is 1.84.